The van der Waals surface area contributed by atoms with Gasteiger partial charge in [0.1, 0.15) is 19.8 Å². The van der Waals surface area contributed by atoms with Crippen molar-refractivity contribution in [3.63, 3.8) is 0 Å². The molecule has 3 aromatic rings. The van der Waals surface area contributed by atoms with Crippen LogP contribution in [-0.2, 0) is 29.9 Å². The number of esters is 1. The van der Waals surface area contributed by atoms with Gasteiger partial charge in [0.15, 0.2) is 14.7 Å². The van der Waals surface area contributed by atoms with Crippen molar-refractivity contribution >= 4 is 23.0 Å². The molecule has 2 atom stereocenters. The molecule has 4 aliphatic carbocycles. The summed E-state index contributed by atoms with van der Waals surface area (Å²) in [6.45, 7) is -0.174. The summed E-state index contributed by atoms with van der Waals surface area (Å²) in [5.41, 5.74) is -0.814. The lowest BCUT2D eigenvalue weighted by atomic mass is 9.48. The van der Waals surface area contributed by atoms with Crippen molar-refractivity contribution in [3.05, 3.63) is 91.0 Å². The Morgan fingerprint density at radius 1 is 0.773 bits per heavy atom. The highest BCUT2D eigenvalue weighted by Gasteiger charge is 2.57. The van der Waals surface area contributed by atoms with Gasteiger partial charge in [-0.3, -0.25) is 0 Å². The van der Waals surface area contributed by atoms with E-state index >= 15 is 0 Å². The van der Waals surface area contributed by atoms with E-state index in [1.807, 2.05) is 0 Å². The zero-order valence-corrected chi connectivity index (χ0v) is 25.6. The van der Waals surface area contributed by atoms with Crippen LogP contribution in [0.1, 0.15) is 45.4 Å². The van der Waals surface area contributed by atoms with Crippen molar-refractivity contribution in [2.45, 2.75) is 71.7 Å². The van der Waals surface area contributed by atoms with Gasteiger partial charge in [-0.15, -0.1) is 0 Å². The third-order valence-corrected chi connectivity index (χ3v) is 10.7. The highest BCUT2D eigenvalue weighted by atomic mass is 32.2. The highest BCUT2D eigenvalue weighted by Crippen LogP contribution is 2.61. The summed E-state index contributed by atoms with van der Waals surface area (Å²) in [7, 11) is -0.0146. The van der Waals surface area contributed by atoms with E-state index in [2.05, 4.69) is 95.7 Å². The number of carbonyl (C=O) groups excluding carboxylic acids is 2. The van der Waals surface area contributed by atoms with Gasteiger partial charge in [0.25, 0.3) is 0 Å². The lowest BCUT2D eigenvalue weighted by Gasteiger charge is -2.59. The summed E-state index contributed by atoms with van der Waals surface area (Å²) < 4.78 is 39.4. The smallest absolute Gasteiger partial charge is 0.458 e. The first-order chi connectivity index (χ1) is 21.0. The second-order valence-electron chi connectivity index (χ2n) is 12.3. The van der Waals surface area contributed by atoms with Gasteiger partial charge >= 0.3 is 18.0 Å². The number of aliphatic hydroxyl groups is 1. The fraction of sp³-hybridized carbons (Fsp3) is 0.429. The summed E-state index contributed by atoms with van der Waals surface area (Å²) in [6.07, 6.45) is 4.43. The van der Waals surface area contributed by atoms with Gasteiger partial charge < -0.3 is 19.3 Å². The quantitative estimate of drug-likeness (QED) is 0.151. The van der Waals surface area contributed by atoms with Crippen LogP contribution in [-0.4, -0.2) is 48.6 Å². The largest absolute Gasteiger partial charge is 0.508 e. The highest BCUT2D eigenvalue weighted by molar-refractivity contribution is 7.97. The van der Waals surface area contributed by atoms with Crippen molar-refractivity contribution in [2.24, 2.45) is 17.3 Å². The molecule has 1 N–H and O–H groups in total. The number of halogens is 2. The fourth-order valence-corrected chi connectivity index (χ4v) is 9.39. The Bertz CT molecular complexity index is 1270. The van der Waals surface area contributed by atoms with E-state index < -0.39 is 30.3 Å². The Hall–Kier alpha value is -3.43. The van der Waals surface area contributed by atoms with Crippen LogP contribution in [0.4, 0.5) is 13.6 Å². The molecule has 44 heavy (non-hydrogen) atoms. The second-order valence-corrected chi connectivity index (χ2v) is 14.4. The first kappa shape index (κ1) is 32.0. The molecule has 0 aromatic heterocycles. The molecule has 0 aliphatic heterocycles. The number of rotatable bonds is 9. The van der Waals surface area contributed by atoms with Crippen LogP contribution >= 0.6 is 0 Å². The minimum Gasteiger partial charge on any atom is -0.458 e. The number of hydrogen-bond donors (Lipinski definition) is 1. The van der Waals surface area contributed by atoms with Crippen molar-refractivity contribution < 1.29 is 37.7 Å². The third-order valence-electron chi connectivity index (χ3n) is 8.48. The minimum atomic E-state index is -3.57. The van der Waals surface area contributed by atoms with Crippen LogP contribution in [0.25, 0.3) is 0 Å². The lowest BCUT2D eigenvalue weighted by Crippen LogP contribution is -2.57. The van der Waals surface area contributed by atoms with E-state index in [1.54, 1.807) is 0 Å². The van der Waals surface area contributed by atoms with Gasteiger partial charge in [-0.2, -0.15) is 8.78 Å². The number of carbonyl (C=O) groups is 2. The normalized spacial score (nSPS) is 25.1. The van der Waals surface area contributed by atoms with Crippen molar-refractivity contribution in [1.82, 2.24) is 0 Å². The Kier molecular flexibility index (Phi) is 9.95. The average Bonchev–Trinajstić information content (AvgIpc) is 2.99. The molecule has 4 aliphatic rings. The number of ether oxygens (including phenoxy) is 3. The Balaban J connectivity index is 0.000000181. The predicted molar refractivity (Wildman–Crippen MR) is 162 cm³/mol. The molecule has 0 amide bonds. The van der Waals surface area contributed by atoms with Crippen LogP contribution in [0.3, 0.4) is 0 Å². The topological polar surface area (TPSA) is 82.1 Å². The average molecular weight is 626 g/mol. The van der Waals surface area contributed by atoms with Crippen LogP contribution in [0.5, 0.6) is 0 Å². The maximum atomic E-state index is 12.6. The summed E-state index contributed by atoms with van der Waals surface area (Å²) >= 11 is 0. The summed E-state index contributed by atoms with van der Waals surface area (Å²) in [5.74, 6) is -4.26. The maximum Gasteiger partial charge on any atom is 0.508 e. The SMILES string of the molecule is CC(F)(F)C(=O)OCCOC(=O)OCC12CC3CC(CC(O)(C3)C1)C2.c1ccc([S+](c2ccccc2)c2ccccc2)cc1. The monoisotopic (exact) mass is 625 g/mol. The molecule has 0 saturated heterocycles. The zero-order chi connectivity index (χ0) is 31.2. The molecule has 4 saturated carbocycles. The van der Waals surface area contributed by atoms with E-state index in [4.69, 9.17) is 9.47 Å². The van der Waals surface area contributed by atoms with Gasteiger partial charge in [-0.1, -0.05) is 54.6 Å². The van der Waals surface area contributed by atoms with Gasteiger partial charge in [0.2, 0.25) is 0 Å². The van der Waals surface area contributed by atoms with Crippen LogP contribution in [0, 0.1) is 17.3 Å². The number of alkyl halides is 2. The molecule has 4 fully saturated rings. The third kappa shape index (κ3) is 8.18. The van der Waals surface area contributed by atoms with E-state index in [9.17, 15) is 23.5 Å². The van der Waals surface area contributed by atoms with Crippen LogP contribution < -0.4 is 0 Å². The molecule has 3 aromatic carbocycles. The van der Waals surface area contributed by atoms with Gasteiger partial charge in [0.05, 0.1) is 16.5 Å². The minimum absolute atomic E-state index is 0.0146. The fourth-order valence-electron chi connectivity index (χ4n) is 7.29. The standard InChI is InChI=1S/C18H15S.C17H24F2O6/c1-4-10-16(11-5-1)19(17-12-6-2-7-13-17)18-14-8-3-9-15-18;1-15(18,19)13(20)23-2-3-24-14(21)25-10-16-5-11-4-12(6-16)8-17(22,7-11)9-16/h1-15H;11-12,22H,2-10H2,1H3/q+1;. The molecule has 0 spiro atoms. The van der Waals surface area contributed by atoms with E-state index in [0.717, 1.165) is 32.1 Å². The molecule has 6 nitrogen and oxygen atoms in total. The van der Waals surface area contributed by atoms with E-state index in [0.29, 0.717) is 25.2 Å². The molecule has 234 valence electrons. The summed E-state index contributed by atoms with van der Waals surface area (Å²) in [5, 5.41) is 10.6. The molecule has 0 radical (unpaired) electrons. The molecular formula is C35H39F2O6S+. The van der Waals surface area contributed by atoms with Gasteiger partial charge in [0, 0.05) is 12.3 Å². The number of hydrogen-bond acceptors (Lipinski definition) is 6. The summed E-state index contributed by atoms with van der Waals surface area (Å²) in [6, 6.07) is 32.2. The maximum absolute atomic E-state index is 12.6. The zero-order valence-electron chi connectivity index (χ0n) is 24.8. The van der Waals surface area contributed by atoms with Crippen molar-refractivity contribution in [2.75, 3.05) is 19.8 Å². The molecule has 9 heteroatoms. The number of benzene rings is 3. The Labute approximate surface area is 260 Å². The first-order valence-corrected chi connectivity index (χ1v) is 16.2. The van der Waals surface area contributed by atoms with E-state index in [-0.39, 0.29) is 29.5 Å². The molecule has 2 unspecified atom stereocenters. The molecule has 7 rings (SSSR count). The van der Waals surface area contributed by atoms with Crippen LogP contribution in [0.15, 0.2) is 106 Å². The Morgan fingerprint density at radius 3 is 1.66 bits per heavy atom. The van der Waals surface area contributed by atoms with Gasteiger partial charge in [-0.25, -0.2) is 9.59 Å². The summed E-state index contributed by atoms with van der Waals surface area (Å²) in [4.78, 5) is 26.6. The predicted octanol–water partition coefficient (Wildman–Crippen LogP) is 7.45. The first-order valence-electron chi connectivity index (χ1n) is 15.0. The van der Waals surface area contributed by atoms with Gasteiger partial charge in [-0.05, 0) is 86.8 Å². The Morgan fingerprint density at radius 2 is 1.23 bits per heavy atom. The molecular weight excluding hydrogens is 586 g/mol. The lowest BCUT2D eigenvalue weighted by molar-refractivity contribution is -0.177. The van der Waals surface area contributed by atoms with Crippen LogP contribution in [0.2, 0.25) is 0 Å². The molecule has 4 bridgehead atoms. The van der Waals surface area contributed by atoms with Crippen molar-refractivity contribution in [3.8, 4) is 0 Å². The second kappa shape index (κ2) is 13.7. The molecule has 0 heterocycles. The van der Waals surface area contributed by atoms with Crippen molar-refractivity contribution in [1.29, 1.82) is 0 Å². The van der Waals surface area contributed by atoms with E-state index in [1.165, 1.54) is 14.7 Å².